The molecule has 0 radical (unpaired) electrons. The van der Waals surface area contributed by atoms with Crippen molar-refractivity contribution in [2.24, 2.45) is 11.3 Å². The first-order valence-corrected chi connectivity index (χ1v) is 25.1. The van der Waals surface area contributed by atoms with Crippen LogP contribution in [0, 0.1) is 11.3 Å². The largest absolute Gasteiger partial charge is 0.496 e. The Hall–Kier alpha value is -5.90. The molecule has 70 heavy (non-hydrogen) atoms. The minimum atomic E-state index is -2.33. The number of aromatic amines is 1. The number of rotatable bonds is 9. The van der Waals surface area contributed by atoms with E-state index in [1.165, 1.54) is 21.1 Å². The SMILES string of the molecule is CC[C@]1(NC(=O)c2ccc3c(c2)CCN3)C[C@H]2CN(CCc3c([nH]c4ccccc34)[C@@](C(=O)OC)(c3cc4c(cc3OC)N(C)[C@H]3[C@@](O)(C(=O)OC)[C@H](OC(C)=O)[C@]5(CC)C=CCN6CC[C@]43[C@@H]65)C2)C1. The number of hydrogen-bond acceptors (Lipinski definition) is 13. The van der Waals surface area contributed by atoms with Crippen LogP contribution in [0.5, 0.6) is 5.75 Å². The number of anilines is 2. The lowest BCUT2D eigenvalue weighted by Gasteiger charge is -2.63. The molecule has 7 aliphatic rings. The average Bonchev–Trinajstić information content (AvgIpc) is 4.16. The number of piperidine rings is 1. The number of benzene rings is 3. The molecule has 1 unspecified atom stereocenters. The fourth-order valence-electron chi connectivity index (χ4n) is 15.5. The number of esters is 3. The molecule has 11 rings (SSSR count). The van der Waals surface area contributed by atoms with Crippen LogP contribution in [-0.2, 0) is 52.3 Å². The Balaban J connectivity index is 1.13. The molecular formula is C55H66N6O9. The number of carbonyl (C=O) groups excluding carboxylic acids is 4. The number of nitrogens with zero attached hydrogens (tertiary/aromatic N) is 3. The molecule has 6 aliphatic heterocycles. The monoisotopic (exact) mass is 954 g/mol. The fraction of sp³-hybridized carbons (Fsp3) is 0.527. The fourth-order valence-corrected chi connectivity index (χ4v) is 15.5. The first kappa shape index (κ1) is 46.5. The van der Waals surface area contributed by atoms with Crippen molar-refractivity contribution in [1.82, 2.24) is 20.1 Å². The van der Waals surface area contributed by atoms with Gasteiger partial charge in [0.05, 0.1) is 32.9 Å². The van der Waals surface area contributed by atoms with Gasteiger partial charge in [0.1, 0.15) is 11.2 Å². The van der Waals surface area contributed by atoms with E-state index in [0.717, 1.165) is 57.6 Å². The van der Waals surface area contributed by atoms with Gasteiger partial charge in [0.25, 0.3) is 5.91 Å². The van der Waals surface area contributed by atoms with E-state index in [1.807, 2.05) is 61.3 Å². The second-order valence-electron chi connectivity index (χ2n) is 21.3. The molecule has 2 bridgehead atoms. The molecule has 370 valence electrons. The first-order chi connectivity index (χ1) is 33.7. The highest BCUT2D eigenvalue weighted by molar-refractivity contribution is 5.96. The van der Waals surface area contributed by atoms with Gasteiger partial charge in [-0.15, -0.1) is 0 Å². The van der Waals surface area contributed by atoms with E-state index in [0.29, 0.717) is 88.1 Å². The van der Waals surface area contributed by atoms with E-state index in [1.54, 1.807) is 7.11 Å². The maximum atomic E-state index is 15.8. The van der Waals surface area contributed by atoms with Gasteiger partial charge in [-0.2, -0.15) is 0 Å². The van der Waals surface area contributed by atoms with Crippen molar-refractivity contribution in [1.29, 1.82) is 0 Å². The number of aromatic nitrogens is 1. The van der Waals surface area contributed by atoms with E-state index in [4.69, 9.17) is 18.9 Å². The lowest BCUT2D eigenvalue weighted by molar-refractivity contribution is -0.228. The van der Waals surface area contributed by atoms with Gasteiger partial charge < -0.3 is 49.5 Å². The molecule has 1 amide bonds. The van der Waals surface area contributed by atoms with Crippen LogP contribution in [0.2, 0.25) is 0 Å². The lowest BCUT2D eigenvalue weighted by Crippen LogP contribution is -2.81. The third kappa shape index (κ3) is 6.28. The molecule has 15 nitrogen and oxygen atoms in total. The number of aliphatic hydroxyl groups is 1. The third-order valence-corrected chi connectivity index (χ3v) is 18.1. The van der Waals surface area contributed by atoms with Crippen molar-refractivity contribution in [3.05, 3.63) is 100 Å². The van der Waals surface area contributed by atoms with E-state index in [-0.39, 0.29) is 17.9 Å². The van der Waals surface area contributed by atoms with Crippen LogP contribution in [0.15, 0.2) is 66.7 Å². The van der Waals surface area contributed by atoms with Crippen LogP contribution in [0.1, 0.15) is 91.2 Å². The molecule has 4 aromatic rings. The van der Waals surface area contributed by atoms with Gasteiger partial charge in [-0.05, 0) is 104 Å². The van der Waals surface area contributed by atoms with E-state index in [2.05, 4.69) is 56.6 Å². The predicted molar refractivity (Wildman–Crippen MR) is 264 cm³/mol. The standard InChI is InChI=1S/C55H66N6O9/c1-8-51(58-45(63)35-15-16-40-34(25-35)17-21-56-40)28-33-29-54(49(64)68-6,44-37(18-23-60(30-33)31-51)36-13-10-11-14-41(36)57-44)39-26-38-42(27-43(39)67-5)59(4)47-53(38)20-24-61-22-12-19-52(9-2,46(53)61)48(70-32(3)62)55(47,66)50(65)69-7/h10-16,19,25-27,33,46-48,56-57,66H,8-9,17-18,20-24,28-31H2,1-7H3,(H,58,63)/t33-,46+,47-,48-,51+,52-,53-,54+,55+/m1/s1. The number of nitrogens with one attached hydrogen (secondary N) is 3. The van der Waals surface area contributed by atoms with Gasteiger partial charge in [0.2, 0.25) is 5.60 Å². The molecule has 7 heterocycles. The number of likely N-dealkylation sites (N-methyl/N-ethyl adjacent to an activating group) is 1. The smallest absolute Gasteiger partial charge is 0.344 e. The summed E-state index contributed by atoms with van der Waals surface area (Å²) in [6, 6.07) is 16.9. The van der Waals surface area contributed by atoms with Gasteiger partial charge in [-0.1, -0.05) is 44.2 Å². The number of para-hydroxylation sites is 1. The summed E-state index contributed by atoms with van der Waals surface area (Å²) in [7, 11) is 6.19. The second kappa shape index (κ2) is 16.6. The maximum Gasteiger partial charge on any atom is 0.344 e. The molecule has 1 spiro atoms. The molecule has 3 aromatic carbocycles. The van der Waals surface area contributed by atoms with Crippen molar-refractivity contribution >= 4 is 46.1 Å². The number of fused-ring (bicyclic) bond motifs is 7. The Morgan fingerprint density at radius 3 is 2.46 bits per heavy atom. The summed E-state index contributed by atoms with van der Waals surface area (Å²) in [5.41, 5.74) is 1.34. The summed E-state index contributed by atoms with van der Waals surface area (Å²) in [6.07, 6.45) is 6.93. The van der Waals surface area contributed by atoms with Crippen LogP contribution in [-0.4, -0.2) is 141 Å². The van der Waals surface area contributed by atoms with Crippen LogP contribution in [0.25, 0.3) is 10.9 Å². The van der Waals surface area contributed by atoms with Gasteiger partial charge in [-0.25, -0.2) is 4.79 Å². The molecule has 1 saturated carbocycles. The van der Waals surface area contributed by atoms with Gasteiger partial charge in [-0.3, -0.25) is 19.3 Å². The summed E-state index contributed by atoms with van der Waals surface area (Å²) in [5, 5.41) is 21.5. The number of hydrogen-bond donors (Lipinski definition) is 4. The predicted octanol–water partition coefficient (Wildman–Crippen LogP) is 5.40. The number of methoxy groups -OCH3 is 3. The van der Waals surface area contributed by atoms with Crippen molar-refractivity contribution in [3.8, 4) is 5.75 Å². The Morgan fingerprint density at radius 2 is 1.71 bits per heavy atom. The van der Waals surface area contributed by atoms with Crippen molar-refractivity contribution < 1.29 is 43.2 Å². The topological polar surface area (TPSA) is 175 Å². The van der Waals surface area contributed by atoms with E-state index >= 15 is 4.79 Å². The average molecular weight is 955 g/mol. The molecule has 1 aromatic heterocycles. The Morgan fingerprint density at radius 1 is 0.914 bits per heavy atom. The van der Waals surface area contributed by atoms with E-state index in [9.17, 15) is 19.5 Å². The highest BCUT2D eigenvalue weighted by atomic mass is 16.6. The highest BCUT2D eigenvalue weighted by Crippen LogP contribution is 2.68. The summed E-state index contributed by atoms with van der Waals surface area (Å²) < 4.78 is 24.3. The van der Waals surface area contributed by atoms with E-state index < -0.39 is 57.4 Å². The molecule has 3 fully saturated rings. The number of H-pyrrole nitrogens is 1. The van der Waals surface area contributed by atoms with Crippen LogP contribution < -0.4 is 20.3 Å². The molecular weight excluding hydrogens is 889 g/mol. The Kier molecular flexibility index (Phi) is 11.0. The lowest BCUT2D eigenvalue weighted by atomic mass is 9.47. The summed E-state index contributed by atoms with van der Waals surface area (Å²) in [4.78, 5) is 68.5. The van der Waals surface area contributed by atoms with Crippen LogP contribution >= 0.6 is 0 Å². The Bertz CT molecular complexity index is 2860. The second-order valence-corrected chi connectivity index (χ2v) is 21.3. The summed E-state index contributed by atoms with van der Waals surface area (Å²) >= 11 is 0. The minimum absolute atomic E-state index is 0.109. The van der Waals surface area contributed by atoms with Crippen LogP contribution in [0.4, 0.5) is 11.4 Å². The number of carbonyl (C=O) groups is 4. The molecule has 15 heteroatoms. The zero-order chi connectivity index (χ0) is 49.1. The summed E-state index contributed by atoms with van der Waals surface area (Å²) in [6.45, 7) is 9.64. The molecule has 1 aliphatic carbocycles. The molecule has 2 saturated heterocycles. The normalized spacial score (nSPS) is 33.5. The zero-order valence-electron chi connectivity index (χ0n) is 41.4. The Labute approximate surface area is 409 Å². The van der Waals surface area contributed by atoms with Gasteiger partial charge in [0, 0.05) is 109 Å². The third-order valence-electron chi connectivity index (χ3n) is 18.1. The highest BCUT2D eigenvalue weighted by Gasteiger charge is 2.80. The molecule has 10 atom stereocenters. The van der Waals surface area contributed by atoms with Crippen molar-refractivity contribution in [2.75, 3.05) is 77.9 Å². The van der Waals surface area contributed by atoms with Crippen molar-refractivity contribution in [3.63, 3.8) is 0 Å². The minimum Gasteiger partial charge on any atom is -0.496 e. The summed E-state index contributed by atoms with van der Waals surface area (Å²) in [5.74, 6) is -1.73. The molecule has 4 N–H and O–H groups in total. The van der Waals surface area contributed by atoms with Crippen molar-refractivity contribution in [2.45, 2.75) is 106 Å². The maximum absolute atomic E-state index is 15.8. The van der Waals surface area contributed by atoms with Crippen LogP contribution in [0.3, 0.4) is 0 Å². The van der Waals surface area contributed by atoms with Gasteiger partial charge in [0.15, 0.2) is 6.10 Å². The zero-order valence-corrected chi connectivity index (χ0v) is 41.4. The number of amides is 1. The van der Waals surface area contributed by atoms with Gasteiger partial charge >= 0.3 is 17.9 Å². The quantitative estimate of drug-likeness (QED) is 0.0956. The first-order valence-electron chi connectivity index (χ1n) is 25.1. The number of ether oxygens (including phenoxy) is 4.